The molecule has 2 rings (SSSR count). The van der Waals surface area contributed by atoms with Crippen LogP contribution in [0.5, 0.6) is 17.2 Å². The van der Waals surface area contributed by atoms with Gasteiger partial charge in [0.2, 0.25) is 0 Å². The van der Waals surface area contributed by atoms with Crippen LogP contribution in [-0.2, 0) is 0 Å². The molecule has 0 N–H and O–H groups in total. The van der Waals surface area contributed by atoms with E-state index >= 15 is 0 Å². The molecule has 2 aromatic rings. The molecule has 0 saturated carbocycles. The number of para-hydroxylation sites is 1. The molecule has 94 valence electrons. The lowest BCUT2D eigenvalue weighted by Gasteiger charge is -2.13. The predicted molar refractivity (Wildman–Crippen MR) is 73.6 cm³/mol. The van der Waals surface area contributed by atoms with E-state index in [-0.39, 0.29) is 0 Å². The number of hydrogen-bond acceptors (Lipinski definition) is 2. The fourth-order valence-electron chi connectivity index (χ4n) is 1.74. The second-order valence-corrected chi connectivity index (χ2v) is 4.48. The highest BCUT2D eigenvalue weighted by Crippen LogP contribution is 2.33. The monoisotopic (exact) mass is 242 g/mol. The minimum atomic E-state index is 0.477. The van der Waals surface area contributed by atoms with Crippen LogP contribution in [0.4, 0.5) is 0 Å². The zero-order valence-electron chi connectivity index (χ0n) is 11.0. The van der Waals surface area contributed by atoms with Crippen LogP contribution < -0.4 is 9.47 Å². The number of hydrogen-bond donors (Lipinski definition) is 0. The first-order valence-corrected chi connectivity index (χ1v) is 6.11. The van der Waals surface area contributed by atoms with Gasteiger partial charge in [-0.1, -0.05) is 38.1 Å². The summed E-state index contributed by atoms with van der Waals surface area (Å²) < 4.78 is 11.2. The number of methoxy groups -OCH3 is 1. The van der Waals surface area contributed by atoms with Crippen LogP contribution in [0.1, 0.15) is 25.3 Å². The van der Waals surface area contributed by atoms with Gasteiger partial charge in [-0.2, -0.15) is 0 Å². The quantitative estimate of drug-likeness (QED) is 0.779. The Morgan fingerprint density at radius 2 is 1.61 bits per heavy atom. The molecule has 0 unspecified atom stereocenters. The molecular formula is C16H18O2. The third-order valence-corrected chi connectivity index (χ3v) is 2.83. The molecule has 2 heteroatoms. The summed E-state index contributed by atoms with van der Waals surface area (Å²) in [5.74, 6) is 2.80. The van der Waals surface area contributed by atoms with E-state index in [9.17, 15) is 0 Å². The second-order valence-electron chi connectivity index (χ2n) is 4.48. The molecule has 2 nitrogen and oxygen atoms in total. The maximum atomic E-state index is 5.81. The summed E-state index contributed by atoms with van der Waals surface area (Å²) in [6.07, 6.45) is 0. The number of benzene rings is 2. The first-order chi connectivity index (χ1) is 8.70. The summed E-state index contributed by atoms with van der Waals surface area (Å²) >= 11 is 0. The Hall–Kier alpha value is -1.96. The second kappa shape index (κ2) is 5.58. The molecule has 0 aromatic heterocycles. The van der Waals surface area contributed by atoms with Gasteiger partial charge in [-0.15, -0.1) is 0 Å². The van der Waals surface area contributed by atoms with Crippen molar-refractivity contribution < 1.29 is 9.47 Å². The standard InChI is InChI=1S/C16H18O2/c1-12(2)13-9-10-15(16(11-13)17-3)18-14-7-5-4-6-8-14/h4-12H,1-3H3. The van der Waals surface area contributed by atoms with Crippen molar-refractivity contribution >= 4 is 0 Å². The van der Waals surface area contributed by atoms with Crippen molar-refractivity contribution in [2.24, 2.45) is 0 Å². The van der Waals surface area contributed by atoms with E-state index in [0.717, 1.165) is 17.2 Å². The first kappa shape index (κ1) is 12.5. The molecule has 0 amide bonds. The van der Waals surface area contributed by atoms with Crippen LogP contribution >= 0.6 is 0 Å². The zero-order chi connectivity index (χ0) is 13.0. The Kier molecular flexibility index (Phi) is 3.88. The Morgan fingerprint density at radius 3 is 2.22 bits per heavy atom. The van der Waals surface area contributed by atoms with Crippen molar-refractivity contribution in [1.82, 2.24) is 0 Å². The fourth-order valence-corrected chi connectivity index (χ4v) is 1.74. The van der Waals surface area contributed by atoms with Crippen LogP contribution in [0.15, 0.2) is 48.5 Å². The highest BCUT2D eigenvalue weighted by atomic mass is 16.5. The van der Waals surface area contributed by atoms with Gasteiger partial charge < -0.3 is 9.47 Å². The van der Waals surface area contributed by atoms with Gasteiger partial charge in [0.1, 0.15) is 5.75 Å². The molecule has 2 aromatic carbocycles. The van der Waals surface area contributed by atoms with Crippen LogP contribution in [0.3, 0.4) is 0 Å². The third kappa shape index (κ3) is 2.83. The predicted octanol–water partition coefficient (Wildman–Crippen LogP) is 4.61. The first-order valence-electron chi connectivity index (χ1n) is 6.11. The molecule has 0 bridgehead atoms. The largest absolute Gasteiger partial charge is 0.493 e. The molecule has 0 aliphatic rings. The Balaban J connectivity index is 2.28. The molecular weight excluding hydrogens is 224 g/mol. The summed E-state index contributed by atoms with van der Waals surface area (Å²) in [6.45, 7) is 4.32. The number of rotatable bonds is 4. The van der Waals surface area contributed by atoms with Gasteiger partial charge in [0.25, 0.3) is 0 Å². The molecule has 0 aliphatic heterocycles. The van der Waals surface area contributed by atoms with E-state index in [4.69, 9.17) is 9.47 Å². The number of ether oxygens (including phenoxy) is 2. The van der Waals surface area contributed by atoms with Crippen molar-refractivity contribution in [3.8, 4) is 17.2 Å². The summed E-state index contributed by atoms with van der Waals surface area (Å²) in [5, 5.41) is 0. The van der Waals surface area contributed by atoms with Gasteiger partial charge in [-0.05, 0) is 35.7 Å². The topological polar surface area (TPSA) is 18.5 Å². The summed E-state index contributed by atoms with van der Waals surface area (Å²) in [7, 11) is 1.66. The van der Waals surface area contributed by atoms with Crippen LogP contribution in [-0.4, -0.2) is 7.11 Å². The van der Waals surface area contributed by atoms with Gasteiger partial charge in [0.05, 0.1) is 7.11 Å². The van der Waals surface area contributed by atoms with Gasteiger partial charge in [-0.3, -0.25) is 0 Å². The van der Waals surface area contributed by atoms with E-state index in [2.05, 4.69) is 19.9 Å². The van der Waals surface area contributed by atoms with E-state index in [0.29, 0.717) is 5.92 Å². The van der Waals surface area contributed by atoms with Gasteiger partial charge in [0, 0.05) is 0 Å². The summed E-state index contributed by atoms with van der Waals surface area (Å²) in [6, 6.07) is 15.8. The fraction of sp³-hybridized carbons (Fsp3) is 0.250. The van der Waals surface area contributed by atoms with E-state index in [1.807, 2.05) is 42.5 Å². The van der Waals surface area contributed by atoms with Crippen molar-refractivity contribution in [2.75, 3.05) is 7.11 Å². The van der Waals surface area contributed by atoms with Gasteiger partial charge >= 0.3 is 0 Å². The lowest BCUT2D eigenvalue weighted by molar-refractivity contribution is 0.378. The smallest absolute Gasteiger partial charge is 0.169 e. The zero-order valence-corrected chi connectivity index (χ0v) is 11.0. The molecule has 0 aliphatic carbocycles. The molecule has 0 spiro atoms. The van der Waals surface area contributed by atoms with Crippen molar-refractivity contribution in [3.63, 3.8) is 0 Å². The average Bonchev–Trinajstić information content (AvgIpc) is 2.40. The van der Waals surface area contributed by atoms with Crippen LogP contribution in [0.2, 0.25) is 0 Å². The van der Waals surface area contributed by atoms with Crippen LogP contribution in [0.25, 0.3) is 0 Å². The highest BCUT2D eigenvalue weighted by molar-refractivity contribution is 5.46. The third-order valence-electron chi connectivity index (χ3n) is 2.83. The lowest BCUT2D eigenvalue weighted by Crippen LogP contribution is -1.93. The van der Waals surface area contributed by atoms with E-state index in [1.54, 1.807) is 7.11 Å². The lowest BCUT2D eigenvalue weighted by atomic mass is 10.0. The normalized spacial score (nSPS) is 10.4. The van der Waals surface area contributed by atoms with Crippen molar-refractivity contribution in [3.05, 3.63) is 54.1 Å². The molecule has 18 heavy (non-hydrogen) atoms. The minimum absolute atomic E-state index is 0.477. The summed E-state index contributed by atoms with van der Waals surface area (Å²) in [4.78, 5) is 0. The Morgan fingerprint density at radius 1 is 0.889 bits per heavy atom. The summed E-state index contributed by atoms with van der Waals surface area (Å²) in [5.41, 5.74) is 1.24. The van der Waals surface area contributed by atoms with Gasteiger partial charge in [-0.25, -0.2) is 0 Å². The van der Waals surface area contributed by atoms with E-state index in [1.165, 1.54) is 5.56 Å². The molecule has 0 atom stereocenters. The van der Waals surface area contributed by atoms with Gasteiger partial charge in [0.15, 0.2) is 11.5 Å². The SMILES string of the molecule is COc1cc(C(C)C)ccc1Oc1ccccc1. The minimum Gasteiger partial charge on any atom is -0.493 e. The van der Waals surface area contributed by atoms with Crippen molar-refractivity contribution in [2.45, 2.75) is 19.8 Å². The van der Waals surface area contributed by atoms with Crippen molar-refractivity contribution in [1.29, 1.82) is 0 Å². The average molecular weight is 242 g/mol. The molecule has 0 radical (unpaired) electrons. The maximum Gasteiger partial charge on any atom is 0.169 e. The Bertz CT molecular complexity index is 504. The Labute approximate surface area is 108 Å². The highest BCUT2D eigenvalue weighted by Gasteiger charge is 2.08. The van der Waals surface area contributed by atoms with E-state index < -0.39 is 0 Å². The van der Waals surface area contributed by atoms with Crippen LogP contribution in [0, 0.1) is 0 Å². The maximum absolute atomic E-state index is 5.81. The molecule has 0 saturated heterocycles. The molecule has 0 heterocycles. The molecule has 0 fully saturated rings.